The fourth-order valence-electron chi connectivity index (χ4n) is 2.94. The summed E-state index contributed by atoms with van der Waals surface area (Å²) in [4.78, 5) is 16.9. The Bertz CT molecular complexity index is 618. The first-order valence-corrected chi connectivity index (χ1v) is 6.99. The van der Waals surface area contributed by atoms with Crippen molar-refractivity contribution in [2.75, 3.05) is 5.73 Å². The smallest absolute Gasteiger partial charge is 0.147 e. The molecule has 1 heterocycles. The van der Waals surface area contributed by atoms with Gasteiger partial charge < -0.3 is 5.73 Å². The van der Waals surface area contributed by atoms with Gasteiger partial charge in [-0.15, -0.1) is 0 Å². The van der Waals surface area contributed by atoms with Gasteiger partial charge in [0.25, 0.3) is 0 Å². The summed E-state index contributed by atoms with van der Waals surface area (Å²) in [5.41, 5.74) is 8.24. The van der Waals surface area contributed by atoms with Gasteiger partial charge in [0.15, 0.2) is 0 Å². The van der Waals surface area contributed by atoms with Crippen molar-refractivity contribution in [1.29, 1.82) is 0 Å². The van der Waals surface area contributed by atoms with Crippen LogP contribution in [0.25, 0.3) is 0 Å². The molecular formula is C17H18N2O. The Balaban J connectivity index is 1.87. The van der Waals surface area contributed by atoms with Crippen molar-refractivity contribution < 1.29 is 4.79 Å². The van der Waals surface area contributed by atoms with Crippen LogP contribution in [0.3, 0.4) is 0 Å². The number of pyridine rings is 1. The van der Waals surface area contributed by atoms with Gasteiger partial charge in [0.1, 0.15) is 5.78 Å². The van der Waals surface area contributed by atoms with Crippen LogP contribution < -0.4 is 5.73 Å². The molecule has 0 aliphatic heterocycles. The van der Waals surface area contributed by atoms with E-state index in [1.807, 2.05) is 18.2 Å². The molecule has 0 spiro atoms. The third kappa shape index (κ3) is 2.09. The summed E-state index contributed by atoms with van der Waals surface area (Å²) in [7, 11) is 0. The number of hydrogen-bond donors (Lipinski definition) is 1. The standard InChI is InChI=1S/C17H18N2O/c18-15-7-10-19-12-13(15)11-16(20)17(8-4-9-17)14-5-2-1-3-6-14/h1-3,5-7,10,12H,4,8-9,11H2,(H2,18,19). The fourth-order valence-corrected chi connectivity index (χ4v) is 2.94. The number of nitrogens with two attached hydrogens (primary N) is 1. The van der Waals surface area contributed by atoms with E-state index >= 15 is 0 Å². The van der Waals surface area contributed by atoms with E-state index in [0.717, 1.165) is 30.4 Å². The average molecular weight is 266 g/mol. The molecule has 20 heavy (non-hydrogen) atoms. The molecule has 1 fully saturated rings. The molecule has 0 bridgehead atoms. The van der Waals surface area contributed by atoms with Gasteiger partial charge in [-0.05, 0) is 24.5 Å². The van der Waals surface area contributed by atoms with E-state index in [1.165, 1.54) is 0 Å². The first-order chi connectivity index (χ1) is 9.72. The lowest BCUT2D eigenvalue weighted by atomic mass is 9.61. The monoisotopic (exact) mass is 266 g/mol. The maximum Gasteiger partial charge on any atom is 0.147 e. The third-order valence-corrected chi connectivity index (χ3v) is 4.36. The summed E-state index contributed by atoms with van der Waals surface area (Å²) < 4.78 is 0. The molecule has 0 atom stereocenters. The van der Waals surface area contributed by atoms with Crippen LogP contribution in [0.2, 0.25) is 0 Å². The van der Waals surface area contributed by atoms with Gasteiger partial charge in [0.05, 0.1) is 5.41 Å². The third-order valence-electron chi connectivity index (χ3n) is 4.36. The Morgan fingerprint density at radius 2 is 1.95 bits per heavy atom. The predicted octanol–water partition coefficient (Wildman–Crippen LogP) is 2.90. The van der Waals surface area contributed by atoms with Crippen molar-refractivity contribution >= 4 is 11.5 Å². The molecule has 1 saturated carbocycles. The van der Waals surface area contributed by atoms with Crippen LogP contribution in [-0.2, 0) is 16.6 Å². The minimum Gasteiger partial charge on any atom is -0.398 e. The number of carbonyl (C=O) groups is 1. The average Bonchev–Trinajstić information content (AvgIpc) is 2.41. The van der Waals surface area contributed by atoms with Crippen LogP contribution >= 0.6 is 0 Å². The maximum atomic E-state index is 12.8. The minimum atomic E-state index is -0.302. The molecule has 0 unspecified atom stereocenters. The summed E-state index contributed by atoms with van der Waals surface area (Å²) >= 11 is 0. The fraction of sp³-hybridized carbons (Fsp3) is 0.294. The van der Waals surface area contributed by atoms with Crippen molar-refractivity contribution in [3.63, 3.8) is 0 Å². The normalized spacial score (nSPS) is 16.4. The molecule has 0 amide bonds. The van der Waals surface area contributed by atoms with Crippen molar-refractivity contribution in [1.82, 2.24) is 4.98 Å². The van der Waals surface area contributed by atoms with Gasteiger partial charge in [-0.2, -0.15) is 0 Å². The number of aromatic nitrogens is 1. The van der Waals surface area contributed by atoms with Crippen LogP contribution in [0.4, 0.5) is 5.69 Å². The molecule has 3 rings (SSSR count). The number of rotatable bonds is 4. The first kappa shape index (κ1) is 12.9. The summed E-state index contributed by atoms with van der Waals surface area (Å²) in [5.74, 6) is 0.259. The van der Waals surface area contributed by atoms with Gasteiger partial charge in [0.2, 0.25) is 0 Å². The number of anilines is 1. The molecule has 0 radical (unpaired) electrons. The van der Waals surface area contributed by atoms with E-state index in [2.05, 4.69) is 17.1 Å². The second-order valence-corrected chi connectivity index (χ2v) is 5.48. The molecule has 102 valence electrons. The Hall–Kier alpha value is -2.16. The van der Waals surface area contributed by atoms with Crippen molar-refractivity contribution in [3.8, 4) is 0 Å². The van der Waals surface area contributed by atoms with Gasteiger partial charge >= 0.3 is 0 Å². The van der Waals surface area contributed by atoms with Crippen LogP contribution in [0.5, 0.6) is 0 Å². The zero-order valence-electron chi connectivity index (χ0n) is 11.4. The largest absolute Gasteiger partial charge is 0.398 e. The lowest BCUT2D eigenvalue weighted by Gasteiger charge is -2.41. The summed E-state index contributed by atoms with van der Waals surface area (Å²) in [5, 5.41) is 0. The summed E-state index contributed by atoms with van der Waals surface area (Å²) in [6.45, 7) is 0. The summed E-state index contributed by atoms with van der Waals surface area (Å²) in [6.07, 6.45) is 6.72. The number of benzene rings is 1. The van der Waals surface area contributed by atoms with Gasteiger partial charge in [-0.3, -0.25) is 9.78 Å². The molecule has 3 heteroatoms. The Morgan fingerprint density at radius 1 is 1.20 bits per heavy atom. The lowest BCUT2D eigenvalue weighted by molar-refractivity contribution is -0.127. The number of nitrogen functional groups attached to an aromatic ring is 1. The highest BCUT2D eigenvalue weighted by atomic mass is 16.1. The molecule has 0 saturated heterocycles. The highest BCUT2D eigenvalue weighted by Crippen LogP contribution is 2.45. The SMILES string of the molecule is Nc1ccncc1CC(=O)C1(c2ccccc2)CCC1. The van der Waals surface area contributed by atoms with E-state index in [0.29, 0.717) is 12.1 Å². The van der Waals surface area contributed by atoms with Crippen LogP contribution in [0.1, 0.15) is 30.4 Å². The maximum absolute atomic E-state index is 12.8. The van der Waals surface area contributed by atoms with Gasteiger partial charge in [0, 0.05) is 30.1 Å². The van der Waals surface area contributed by atoms with Crippen molar-refractivity contribution in [2.24, 2.45) is 0 Å². The zero-order chi connectivity index (χ0) is 14.0. The quantitative estimate of drug-likeness (QED) is 0.925. The van der Waals surface area contributed by atoms with Crippen LogP contribution in [0.15, 0.2) is 48.8 Å². The van der Waals surface area contributed by atoms with E-state index in [4.69, 9.17) is 5.73 Å². The molecule has 3 nitrogen and oxygen atoms in total. The van der Waals surface area contributed by atoms with Crippen LogP contribution in [-0.4, -0.2) is 10.8 Å². The van der Waals surface area contributed by atoms with Crippen molar-refractivity contribution in [3.05, 3.63) is 59.9 Å². The molecular weight excluding hydrogens is 248 g/mol. The Kier molecular flexibility index (Phi) is 3.26. The zero-order valence-corrected chi connectivity index (χ0v) is 11.4. The van der Waals surface area contributed by atoms with Crippen LogP contribution in [0, 0.1) is 0 Å². The highest BCUT2D eigenvalue weighted by molar-refractivity contribution is 5.93. The van der Waals surface area contributed by atoms with E-state index in [-0.39, 0.29) is 11.2 Å². The topological polar surface area (TPSA) is 56.0 Å². The Morgan fingerprint density at radius 3 is 2.55 bits per heavy atom. The molecule has 1 aromatic carbocycles. The van der Waals surface area contributed by atoms with Gasteiger partial charge in [-0.25, -0.2) is 0 Å². The number of Topliss-reactive ketones (excluding diaryl/α,β-unsaturated/α-hetero) is 1. The van der Waals surface area contributed by atoms with E-state index in [1.54, 1.807) is 18.5 Å². The number of carbonyl (C=O) groups excluding carboxylic acids is 1. The first-order valence-electron chi connectivity index (χ1n) is 6.99. The van der Waals surface area contributed by atoms with Gasteiger partial charge in [-0.1, -0.05) is 36.8 Å². The second-order valence-electron chi connectivity index (χ2n) is 5.48. The molecule has 2 aromatic rings. The molecule has 1 aliphatic rings. The minimum absolute atomic E-state index is 0.259. The summed E-state index contributed by atoms with van der Waals surface area (Å²) in [6, 6.07) is 11.9. The number of hydrogen-bond acceptors (Lipinski definition) is 3. The Labute approximate surface area is 118 Å². The van der Waals surface area contributed by atoms with E-state index in [9.17, 15) is 4.79 Å². The number of nitrogens with zero attached hydrogens (tertiary/aromatic N) is 1. The second kappa shape index (κ2) is 5.08. The molecule has 1 aromatic heterocycles. The lowest BCUT2D eigenvalue weighted by Crippen LogP contribution is -2.43. The molecule has 2 N–H and O–H groups in total. The number of ketones is 1. The highest BCUT2D eigenvalue weighted by Gasteiger charge is 2.44. The molecule has 1 aliphatic carbocycles. The predicted molar refractivity (Wildman–Crippen MR) is 79.3 cm³/mol. The van der Waals surface area contributed by atoms with E-state index < -0.39 is 0 Å². The van der Waals surface area contributed by atoms with Crippen molar-refractivity contribution in [2.45, 2.75) is 31.1 Å².